The van der Waals surface area contributed by atoms with Crippen LogP contribution in [0.15, 0.2) is 47.4 Å². The van der Waals surface area contributed by atoms with Crippen molar-refractivity contribution in [2.45, 2.75) is 4.90 Å². The number of hydrogen-bond acceptors (Lipinski definition) is 3. The van der Waals surface area contributed by atoms with Gasteiger partial charge in [0.1, 0.15) is 11.9 Å². The highest BCUT2D eigenvalue weighted by molar-refractivity contribution is 7.92. The zero-order valence-electron chi connectivity index (χ0n) is 9.97. The molecule has 2 aromatic carbocycles. The fourth-order valence-electron chi connectivity index (χ4n) is 1.50. The number of sulfonamides is 1. The lowest BCUT2D eigenvalue weighted by Crippen LogP contribution is -2.14. The molecule has 0 fully saturated rings. The van der Waals surface area contributed by atoms with Crippen LogP contribution in [0, 0.1) is 17.1 Å². The van der Waals surface area contributed by atoms with Gasteiger partial charge >= 0.3 is 0 Å². The first-order chi connectivity index (χ1) is 9.44. The Labute approximate surface area is 120 Å². The molecule has 0 amide bonds. The van der Waals surface area contributed by atoms with E-state index in [2.05, 4.69) is 4.72 Å². The molecule has 0 bridgehead atoms. The molecule has 1 N–H and O–H groups in total. The Balaban J connectivity index is 2.39. The van der Waals surface area contributed by atoms with Crippen LogP contribution in [0.4, 0.5) is 10.1 Å². The van der Waals surface area contributed by atoms with E-state index < -0.39 is 15.8 Å². The second-order valence-corrected chi connectivity index (χ2v) is 5.93. The predicted octanol–water partition coefficient (Wildman–Crippen LogP) is 3.15. The van der Waals surface area contributed by atoms with Crippen molar-refractivity contribution in [1.29, 1.82) is 5.26 Å². The number of benzene rings is 2. The van der Waals surface area contributed by atoms with Crippen molar-refractivity contribution >= 4 is 27.3 Å². The van der Waals surface area contributed by atoms with Crippen molar-refractivity contribution in [3.05, 3.63) is 58.9 Å². The lowest BCUT2D eigenvalue weighted by atomic mass is 10.2. The molecule has 0 unspecified atom stereocenters. The summed E-state index contributed by atoms with van der Waals surface area (Å²) in [5.74, 6) is -0.684. The molecule has 0 spiro atoms. The van der Waals surface area contributed by atoms with Gasteiger partial charge in [0.05, 0.1) is 21.2 Å². The van der Waals surface area contributed by atoms with Crippen LogP contribution in [-0.4, -0.2) is 8.42 Å². The number of rotatable bonds is 3. The fourth-order valence-corrected chi connectivity index (χ4v) is 2.88. The smallest absolute Gasteiger partial charge is 0.262 e. The molecular weight excluding hydrogens is 303 g/mol. The van der Waals surface area contributed by atoms with Crippen LogP contribution in [0.25, 0.3) is 0 Å². The topological polar surface area (TPSA) is 70.0 Å². The summed E-state index contributed by atoms with van der Waals surface area (Å²) in [6.45, 7) is 0. The van der Waals surface area contributed by atoms with Crippen molar-refractivity contribution in [2.24, 2.45) is 0 Å². The SMILES string of the molecule is N#Cc1ccc(S(=O)(=O)Nc2ccccc2F)cc1Cl. The van der Waals surface area contributed by atoms with E-state index in [-0.39, 0.29) is 21.2 Å². The first kappa shape index (κ1) is 14.3. The summed E-state index contributed by atoms with van der Waals surface area (Å²) in [6.07, 6.45) is 0. The standard InChI is InChI=1S/C13H8ClFN2O2S/c14-11-7-10(6-5-9(11)8-16)20(18,19)17-13-4-2-1-3-12(13)15/h1-7,17H. The molecule has 102 valence electrons. The maximum atomic E-state index is 13.4. The Morgan fingerprint density at radius 3 is 2.50 bits per heavy atom. The number of nitrogens with zero attached hydrogens (tertiary/aromatic N) is 1. The van der Waals surface area contributed by atoms with E-state index in [1.165, 1.54) is 30.3 Å². The molecule has 4 nitrogen and oxygen atoms in total. The molecule has 0 heterocycles. The van der Waals surface area contributed by atoms with E-state index in [0.29, 0.717) is 0 Å². The van der Waals surface area contributed by atoms with Gasteiger partial charge < -0.3 is 0 Å². The second-order valence-electron chi connectivity index (χ2n) is 3.84. The second kappa shape index (κ2) is 5.49. The highest BCUT2D eigenvalue weighted by Crippen LogP contribution is 2.23. The molecule has 0 aromatic heterocycles. The third-order valence-electron chi connectivity index (χ3n) is 2.49. The van der Waals surface area contributed by atoms with Crippen molar-refractivity contribution in [2.75, 3.05) is 4.72 Å². The lowest BCUT2D eigenvalue weighted by Gasteiger charge is -2.09. The van der Waals surface area contributed by atoms with E-state index in [1.54, 1.807) is 0 Å². The summed E-state index contributed by atoms with van der Waals surface area (Å²) in [6, 6.07) is 10.9. The molecule has 0 radical (unpaired) electrons. The number of halogens is 2. The molecule has 0 aliphatic rings. The van der Waals surface area contributed by atoms with Gasteiger partial charge in [-0.05, 0) is 30.3 Å². The van der Waals surface area contributed by atoms with Crippen molar-refractivity contribution in [3.8, 4) is 6.07 Å². The summed E-state index contributed by atoms with van der Waals surface area (Å²) in [5, 5.41) is 8.75. The Kier molecular flexibility index (Phi) is 3.93. The van der Waals surface area contributed by atoms with E-state index in [9.17, 15) is 12.8 Å². The summed E-state index contributed by atoms with van der Waals surface area (Å²) in [5.41, 5.74) is 0.00416. The molecule has 0 atom stereocenters. The van der Waals surface area contributed by atoms with E-state index in [0.717, 1.165) is 12.1 Å². The number of anilines is 1. The van der Waals surface area contributed by atoms with Gasteiger partial charge in [-0.2, -0.15) is 5.26 Å². The molecule has 2 rings (SSSR count). The summed E-state index contributed by atoms with van der Waals surface area (Å²) >= 11 is 5.78. The van der Waals surface area contributed by atoms with E-state index in [4.69, 9.17) is 16.9 Å². The predicted molar refractivity (Wildman–Crippen MR) is 73.4 cm³/mol. The molecular formula is C13H8ClFN2O2S. The Bertz CT molecular complexity index is 800. The van der Waals surface area contributed by atoms with Gasteiger partial charge in [0, 0.05) is 0 Å². The van der Waals surface area contributed by atoms with Gasteiger partial charge in [-0.25, -0.2) is 12.8 Å². The Hall–Kier alpha value is -2.10. The fraction of sp³-hybridized carbons (Fsp3) is 0. The Morgan fingerprint density at radius 2 is 1.90 bits per heavy atom. The molecule has 0 saturated carbocycles. The first-order valence-electron chi connectivity index (χ1n) is 5.41. The van der Waals surface area contributed by atoms with Gasteiger partial charge in [-0.15, -0.1) is 0 Å². The summed E-state index contributed by atoms with van der Waals surface area (Å²) in [4.78, 5) is -0.148. The summed E-state index contributed by atoms with van der Waals surface area (Å²) < 4.78 is 39.7. The maximum Gasteiger partial charge on any atom is 0.262 e. The lowest BCUT2D eigenvalue weighted by molar-refractivity contribution is 0.598. The monoisotopic (exact) mass is 310 g/mol. The van der Waals surface area contributed by atoms with Gasteiger partial charge in [-0.3, -0.25) is 4.72 Å². The van der Waals surface area contributed by atoms with Crippen LogP contribution in [-0.2, 0) is 10.0 Å². The zero-order valence-corrected chi connectivity index (χ0v) is 11.5. The average Bonchev–Trinajstić information content (AvgIpc) is 2.41. The van der Waals surface area contributed by atoms with Crippen LogP contribution in [0.5, 0.6) is 0 Å². The van der Waals surface area contributed by atoms with Gasteiger partial charge in [0.15, 0.2) is 0 Å². The van der Waals surface area contributed by atoms with Gasteiger partial charge in [0.2, 0.25) is 0 Å². The van der Waals surface area contributed by atoms with Crippen molar-refractivity contribution in [1.82, 2.24) is 0 Å². The van der Waals surface area contributed by atoms with E-state index in [1.807, 2.05) is 6.07 Å². The number of hydrogen-bond donors (Lipinski definition) is 1. The highest BCUT2D eigenvalue weighted by Gasteiger charge is 2.17. The van der Waals surface area contributed by atoms with Crippen LogP contribution in [0.2, 0.25) is 5.02 Å². The van der Waals surface area contributed by atoms with E-state index >= 15 is 0 Å². The van der Waals surface area contributed by atoms with Crippen LogP contribution >= 0.6 is 11.6 Å². The minimum absolute atomic E-state index is 0.0175. The normalized spacial score (nSPS) is 10.8. The maximum absolute atomic E-state index is 13.4. The minimum Gasteiger partial charge on any atom is -0.277 e. The van der Waals surface area contributed by atoms with Crippen molar-refractivity contribution in [3.63, 3.8) is 0 Å². The zero-order chi connectivity index (χ0) is 14.8. The number of nitriles is 1. The minimum atomic E-state index is -3.97. The van der Waals surface area contributed by atoms with Gasteiger partial charge in [-0.1, -0.05) is 23.7 Å². The third-order valence-corrected chi connectivity index (χ3v) is 4.17. The van der Waals surface area contributed by atoms with Crippen LogP contribution in [0.3, 0.4) is 0 Å². The quantitative estimate of drug-likeness (QED) is 0.946. The van der Waals surface area contributed by atoms with Crippen LogP contribution in [0.1, 0.15) is 5.56 Å². The largest absolute Gasteiger partial charge is 0.277 e. The molecule has 7 heteroatoms. The average molecular weight is 311 g/mol. The third kappa shape index (κ3) is 2.90. The summed E-state index contributed by atoms with van der Waals surface area (Å²) in [7, 11) is -3.97. The van der Waals surface area contributed by atoms with Gasteiger partial charge in [0.25, 0.3) is 10.0 Å². The van der Waals surface area contributed by atoms with Crippen molar-refractivity contribution < 1.29 is 12.8 Å². The molecule has 0 aliphatic heterocycles. The van der Waals surface area contributed by atoms with Crippen LogP contribution < -0.4 is 4.72 Å². The molecule has 0 aliphatic carbocycles. The number of nitrogens with one attached hydrogen (secondary N) is 1. The molecule has 20 heavy (non-hydrogen) atoms. The number of para-hydroxylation sites is 1. The first-order valence-corrected chi connectivity index (χ1v) is 7.27. The molecule has 0 saturated heterocycles. The Morgan fingerprint density at radius 1 is 1.20 bits per heavy atom. The highest BCUT2D eigenvalue weighted by atomic mass is 35.5. The molecule has 2 aromatic rings.